The molecule has 4 nitrogen and oxygen atoms in total. The Morgan fingerprint density at radius 3 is 2.40 bits per heavy atom. The maximum absolute atomic E-state index is 12.0. The number of rotatable bonds is 8. The second-order valence-corrected chi connectivity index (χ2v) is 5.28. The lowest BCUT2D eigenvalue weighted by molar-refractivity contribution is -0.146. The summed E-state index contributed by atoms with van der Waals surface area (Å²) in [5.41, 5.74) is -0.265. The van der Waals surface area contributed by atoms with Gasteiger partial charge in [-0.05, 0) is 32.5 Å². The Morgan fingerprint density at radius 2 is 1.95 bits per heavy atom. The number of nitrogens with one attached hydrogen (secondary N) is 1. The van der Waals surface area contributed by atoms with Gasteiger partial charge < -0.3 is 10.0 Å². The van der Waals surface area contributed by atoms with E-state index >= 15 is 0 Å². The first kappa shape index (κ1) is 16.7. The molecule has 2 atom stereocenters. The largest absolute Gasteiger partial charge is 0.480 e. The summed E-state index contributed by atoms with van der Waals surface area (Å²) in [7, 11) is 1.98. The van der Waals surface area contributed by atoms with Crippen molar-refractivity contribution in [2.75, 3.05) is 20.1 Å². The molecule has 4 heteroatoms. The van der Waals surface area contributed by atoms with Crippen molar-refractivity contribution in [3.63, 3.8) is 0 Å². The lowest BCUT2D eigenvalue weighted by Gasteiger charge is -2.36. The van der Waals surface area contributed by atoms with E-state index in [9.17, 15) is 9.90 Å². The zero-order chi connectivity index (χ0) is 15.2. The predicted molar refractivity (Wildman–Crippen MR) is 81.8 cm³/mol. The monoisotopic (exact) mass is 278 g/mol. The number of aliphatic carboxylic acids is 1. The van der Waals surface area contributed by atoms with Gasteiger partial charge in [-0.1, -0.05) is 44.2 Å². The SMILES string of the molecule is CCNC(CN(C)C(C)CC)(C(=O)O)c1ccccc1. The van der Waals surface area contributed by atoms with Crippen LogP contribution in [0.25, 0.3) is 0 Å². The molecule has 2 N–H and O–H groups in total. The Hall–Kier alpha value is -1.39. The van der Waals surface area contributed by atoms with Gasteiger partial charge in [-0.25, -0.2) is 4.79 Å². The molecule has 1 aromatic rings. The third-order valence-electron chi connectivity index (χ3n) is 3.94. The number of hydrogen-bond acceptors (Lipinski definition) is 3. The molecule has 0 amide bonds. The van der Waals surface area contributed by atoms with Gasteiger partial charge in [-0.15, -0.1) is 0 Å². The summed E-state index contributed by atoms with van der Waals surface area (Å²) >= 11 is 0. The molecule has 0 aliphatic carbocycles. The van der Waals surface area contributed by atoms with E-state index in [1.54, 1.807) is 0 Å². The van der Waals surface area contributed by atoms with Crippen molar-refractivity contribution in [3.8, 4) is 0 Å². The van der Waals surface area contributed by atoms with Crippen molar-refractivity contribution in [2.45, 2.75) is 38.8 Å². The van der Waals surface area contributed by atoms with Gasteiger partial charge in [0.2, 0.25) is 0 Å². The second-order valence-electron chi connectivity index (χ2n) is 5.28. The number of likely N-dealkylation sites (N-methyl/N-ethyl adjacent to an activating group) is 2. The van der Waals surface area contributed by atoms with Gasteiger partial charge in [-0.3, -0.25) is 5.32 Å². The average Bonchev–Trinajstić information content (AvgIpc) is 2.46. The zero-order valence-electron chi connectivity index (χ0n) is 12.9. The molecule has 0 aliphatic heterocycles. The first-order valence-electron chi connectivity index (χ1n) is 7.22. The van der Waals surface area contributed by atoms with Crippen LogP contribution in [0, 0.1) is 0 Å². The van der Waals surface area contributed by atoms with Crippen LogP contribution in [0.1, 0.15) is 32.8 Å². The third-order valence-corrected chi connectivity index (χ3v) is 3.94. The van der Waals surface area contributed by atoms with Crippen LogP contribution in [0.2, 0.25) is 0 Å². The summed E-state index contributed by atoms with van der Waals surface area (Å²) in [4.78, 5) is 14.1. The fraction of sp³-hybridized carbons (Fsp3) is 0.562. The van der Waals surface area contributed by atoms with E-state index in [1.807, 2.05) is 44.3 Å². The van der Waals surface area contributed by atoms with E-state index in [-0.39, 0.29) is 0 Å². The minimum absolute atomic E-state index is 0.344. The summed E-state index contributed by atoms with van der Waals surface area (Å²) < 4.78 is 0. The first-order chi connectivity index (χ1) is 9.47. The van der Waals surface area contributed by atoms with Crippen LogP contribution in [-0.4, -0.2) is 42.2 Å². The first-order valence-corrected chi connectivity index (χ1v) is 7.22. The maximum Gasteiger partial charge on any atom is 0.329 e. The highest BCUT2D eigenvalue weighted by atomic mass is 16.4. The molecule has 1 aromatic carbocycles. The quantitative estimate of drug-likeness (QED) is 0.766. The Kier molecular flexibility index (Phi) is 6.17. The Bertz CT molecular complexity index is 422. The Balaban J connectivity index is 3.16. The van der Waals surface area contributed by atoms with Crippen LogP contribution in [0.4, 0.5) is 0 Å². The highest BCUT2D eigenvalue weighted by molar-refractivity contribution is 5.81. The third kappa shape index (κ3) is 3.58. The number of hydrogen-bond donors (Lipinski definition) is 2. The summed E-state index contributed by atoms with van der Waals surface area (Å²) in [5, 5.41) is 13.0. The lowest BCUT2D eigenvalue weighted by atomic mass is 9.88. The van der Waals surface area contributed by atoms with Gasteiger partial charge in [-0.2, -0.15) is 0 Å². The Morgan fingerprint density at radius 1 is 1.35 bits per heavy atom. The van der Waals surface area contributed by atoms with Crippen molar-refractivity contribution in [1.82, 2.24) is 10.2 Å². The molecule has 1 rings (SSSR count). The van der Waals surface area contributed by atoms with Crippen LogP contribution in [0.15, 0.2) is 30.3 Å². The van der Waals surface area contributed by atoms with Crippen LogP contribution < -0.4 is 5.32 Å². The number of nitrogens with zero attached hydrogens (tertiary/aromatic N) is 1. The normalized spacial score (nSPS) is 15.8. The van der Waals surface area contributed by atoms with Crippen molar-refractivity contribution < 1.29 is 9.90 Å². The molecule has 2 unspecified atom stereocenters. The molecule has 0 radical (unpaired) electrons. The fourth-order valence-electron chi connectivity index (χ4n) is 2.38. The maximum atomic E-state index is 12.0. The van der Waals surface area contributed by atoms with E-state index in [0.717, 1.165) is 12.0 Å². The minimum Gasteiger partial charge on any atom is -0.480 e. The number of carbonyl (C=O) groups is 1. The molecule has 0 aromatic heterocycles. The summed E-state index contributed by atoms with van der Waals surface area (Å²) in [6.45, 7) is 7.21. The van der Waals surface area contributed by atoms with E-state index < -0.39 is 11.5 Å². The van der Waals surface area contributed by atoms with Gasteiger partial charge >= 0.3 is 5.97 Å². The summed E-state index contributed by atoms with van der Waals surface area (Å²) in [6, 6.07) is 9.76. The van der Waals surface area contributed by atoms with Crippen LogP contribution in [0.3, 0.4) is 0 Å². The van der Waals surface area contributed by atoms with Crippen molar-refractivity contribution in [1.29, 1.82) is 0 Å². The van der Waals surface area contributed by atoms with E-state index in [0.29, 0.717) is 19.1 Å². The smallest absolute Gasteiger partial charge is 0.329 e. The van der Waals surface area contributed by atoms with E-state index in [4.69, 9.17) is 0 Å². The van der Waals surface area contributed by atoms with Crippen molar-refractivity contribution in [3.05, 3.63) is 35.9 Å². The molecule has 0 fully saturated rings. The molecular formula is C16H26N2O2. The lowest BCUT2D eigenvalue weighted by Crippen LogP contribution is -2.56. The Labute approximate surface area is 121 Å². The summed E-state index contributed by atoms with van der Waals surface area (Å²) in [6.07, 6.45) is 0.993. The number of carboxylic acid groups (broad SMARTS) is 1. The standard InChI is InChI=1S/C16H26N2O2/c1-5-13(3)18(4)12-16(15(19)20,17-6-2)14-10-8-7-9-11-14/h7-11,13,17H,5-6,12H2,1-4H3,(H,19,20). The van der Waals surface area contributed by atoms with E-state index in [2.05, 4.69) is 24.1 Å². The van der Waals surface area contributed by atoms with Gasteiger partial charge in [0.25, 0.3) is 0 Å². The zero-order valence-corrected chi connectivity index (χ0v) is 12.9. The topological polar surface area (TPSA) is 52.6 Å². The molecule has 0 heterocycles. The molecule has 0 saturated carbocycles. The molecule has 0 bridgehead atoms. The highest BCUT2D eigenvalue weighted by Crippen LogP contribution is 2.24. The van der Waals surface area contributed by atoms with Gasteiger partial charge in [0.05, 0.1) is 0 Å². The van der Waals surface area contributed by atoms with Gasteiger partial charge in [0, 0.05) is 12.6 Å². The van der Waals surface area contributed by atoms with E-state index in [1.165, 1.54) is 0 Å². The number of benzene rings is 1. The molecule has 112 valence electrons. The molecule has 0 spiro atoms. The second kappa shape index (κ2) is 7.41. The molecule has 20 heavy (non-hydrogen) atoms. The summed E-state index contributed by atoms with van der Waals surface area (Å²) in [5.74, 6) is -0.833. The molecule has 0 aliphatic rings. The van der Waals surface area contributed by atoms with Gasteiger partial charge in [0.15, 0.2) is 5.54 Å². The molecule has 0 saturated heterocycles. The fourth-order valence-corrected chi connectivity index (χ4v) is 2.38. The number of carboxylic acids is 1. The van der Waals surface area contributed by atoms with Crippen molar-refractivity contribution in [2.24, 2.45) is 0 Å². The minimum atomic E-state index is -1.06. The highest BCUT2D eigenvalue weighted by Gasteiger charge is 2.41. The average molecular weight is 278 g/mol. The predicted octanol–water partition coefficient (Wildman–Crippen LogP) is 2.31. The van der Waals surface area contributed by atoms with Crippen LogP contribution in [-0.2, 0) is 10.3 Å². The van der Waals surface area contributed by atoms with Crippen molar-refractivity contribution >= 4 is 5.97 Å². The molecular weight excluding hydrogens is 252 g/mol. The van der Waals surface area contributed by atoms with Gasteiger partial charge in [0.1, 0.15) is 0 Å². The van der Waals surface area contributed by atoms with Crippen LogP contribution >= 0.6 is 0 Å². The van der Waals surface area contributed by atoms with Crippen LogP contribution in [0.5, 0.6) is 0 Å².